The third-order valence-electron chi connectivity index (χ3n) is 3.89. The number of nitrogens with one attached hydrogen (secondary N) is 1. The Balaban J connectivity index is 1.52. The Morgan fingerprint density at radius 2 is 1.89 bits per heavy atom. The number of nitrogens with zero attached hydrogens (tertiary/aromatic N) is 1. The predicted octanol–water partition coefficient (Wildman–Crippen LogP) is 2.54. The molecule has 0 saturated carbocycles. The van der Waals surface area contributed by atoms with Crippen molar-refractivity contribution in [3.63, 3.8) is 0 Å². The summed E-state index contributed by atoms with van der Waals surface area (Å²) < 4.78 is 16.8. The summed E-state index contributed by atoms with van der Waals surface area (Å²) in [7, 11) is 0. The summed E-state index contributed by atoms with van der Waals surface area (Å²) in [4.78, 5) is 25.6. The second-order valence-electron chi connectivity index (χ2n) is 7.41. The Kier molecular flexibility index (Phi) is 8.09. The number of ether oxygens (including phenoxy) is 3. The van der Waals surface area contributed by atoms with E-state index in [0.29, 0.717) is 57.3 Å². The molecule has 9 heteroatoms. The van der Waals surface area contributed by atoms with Crippen molar-refractivity contribution in [2.45, 2.75) is 32.9 Å². The number of anilines is 1. The Labute approximate surface area is 173 Å². The summed E-state index contributed by atoms with van der Waals surface area (Å²) >= 11 is 3.35. The molecule has 1 aromatic carbocycles. The molecule has 0 aliphatic carbocycles. The molecular weight excluding hydrogens is 430 g/mol. The van der Waals surface area contributed by atoms with Crippen LogP contribution >= 0.6 is 15.9 Å². The van der Waals surface area contributed by atoms with E-state index in [-0.39, 0.29) is 5.91 Å². The summed E-state index contributed by atoms with van der Waals surface area (Å²) in [6.07, 6.45) is -0.461. The molecule has 1 aromatic rings. The number of nitrogen functional groups attached to an aromatic ring is 1. The van der Waals surface area contributed by atoms with Gasteiger partial charge in [0, 0.05) is 35.4 Å². The quantitative estimate of drug-likeness (QED) is 0.436. The molecule has 0 aromatic heterocycles. The minimum Gasteiger partial charge on any atom is -0.444 e. The molecule has 0 spiro atoms. The van der Waals surface area contributed by atoms with Crippen molar-refractivity contribution < 1.29 is 23.8 Å². The summed E-state index contributed by atoms with van der Waals surface area (Å²) in [5.74, 6) is -0.0104. The van der Waals surface area contributed by atoms with E-state index in [0.717, 1.165) is 10.0 Å². The van der Waals surface area contributed by atoms with Gasteiger partial charge in [-0.25, -0.2) is 4.79 Å². The molecule has 28 heavy (non-hydrogen) atoms. The van der Waals surface area contributed by atoms with E-state index < -0.39 is 11.7 Å². The molecule has 3 N–H and O–H groups in total. The van der Waals surface area contributed by atoms with Gasteiger partial charge in [-0.2, -0.15) is 0 Å². The Bertz CT molecular complexity index is 706. The Morgan fingerprint density at radius 3 is 2.57 bits per heavy atom. The van der Waals surface area contributed by atoms with E-state index in [4.69, 9.17) is 19.9 Å². The van der Waals surface area contributed by atoms with Crippen LogP contribution in [0.4, 0.5) is 10.5 Å². The van der Waals surface area contributed by atoms with E-state index >= 15 is 0 Å². The number of rotatable bonds is 9. The molecule has 156 valence electrons. The summed E-state index contributed by atoms with van der Waals surface area (Å²) in [6, 6.07) is 3.60. The average molecular weight is 458 g/mol. The van der Waals surface area contributed by atoms with Gasteiger partial charge < -0.3 is 30.2 Å². The monoisotopic (exact) mass is 457 g/mol. The number of amides is 2. The number of carbonyl (C=O) groups excluding carboxylic acids is 2. The molecule has 1 aliphatic heterocycles. The highest BCUT2D eigenvalue weighted by Gasteiger charge is 2.27. The van der Waals surface area contributed by atoms with Gasteiger partial charge in [0.15, 0.2) is 0 Å². The van der Waals surface area contributed by atoms with E-state index in [1.165, 1.54) is 0 Å². The standard InChI is InChI=1S/C19H28BrN3O5/c1-19(2,3)28-18(25)22-4-6-26-8-9-27-7-5-23-12-13-10-16(21)15(20)11-14(13)17(23)24/h10-11H,4-9,12,21H2,1-3H3,(H,22,25). The zero-order valence-electron chi connectivity index (χ0n) is 16.5. The maximum absolute atomic E-state index is 12.4. The molecule has 1 heterocycles. The largest absolute Gasteiger partial charge is 0.444 e. The van der Waals surface area contributed by atoms with Crippen LogP contribution < -0.4 is 11.1 Å². The summed E-state index contributed by atoms with van der Waals surface area (Å²) in [6.45, 7) is 8.47. The Hall–Kier alpha value is -1.84. The molecule has 0 bridgehead atoms. The van der Waals surface area contributed by atoms with Gasteiger partial charge in [-0.15, -0.1) is 0 Å². The summed E-state index contributed by atoms with van der Waals surface area (Å²) in [5.41, 5.74) is 7.60. The number of hydrogen-bond acceptors (Lipinski definition) is 6. The minimum atomic E-state index is -0.514. The van der Waals surface area contributed by atoms with Gasteiger partial charge in [-0.1, -0.05) is 0 Å². The molecule has 0 saturated heterocycles. The third-order valence-corrected chi connectivity index (χ3v) is 4.58. The highest BCUT2D eigenvalue weighted by atomic mass is 79.9. The van der Waals surface area contributed by atoms with Gasteiger partial charge in [-0.3, -0.25) is 4.79 Å². The summed E-state index contributed by atoms with van der Waals surface area (Å²) in [5, 5.41) is 2.62. The molecule has 2 amide bonds. The van der Waals surface area contributed by atoms with Crippen LogP contribution in [0.5, 0.6) is 0 Å². The minimum absolute atomic E-state index is 0.0104. The zero-order chi connectivity index (χ0) is 20.7. The van der Waals surface area contributed by atoms with Gasteiger partial charge in [0.1, 0.15) is 5.60 Å². The zero-order valence-corrected chi connectivity index (χ0v) is 18.1. The second kappa shape index (κ2) is 10.1. The maximum Gasteiger partial charge on any atom is 0.407 e. The lowest BCUT2D eigenvalue weighted by molar-refractivity contribution is 0.0331. The number of benzene rings is 1. The fourth-order valence-corrected chi connectivity index (χ4v) is 2.97. The molecule has 2 rings (SSSR count). The van der Waals surface area contributed by atoms with Crippen molar-refractivity contribution in [2.24, 2.45) is 0 Å². The molecule has 8 nitrogen and oxygen atoms in total. The highest BCUT2D eigenvalue weighted by Crippen LogP contribution is 2.30. The molecule has 1 aliphatic rings. The maximum atomic E-state index is 12.4. The topological polar surface area (TPSA) is 103 Å². The molecule has 0 unspecified atom stereocenters. The van der Waals surface area contributed by atoms with E-state index in [2.05, 4.69) is 21.2 Å². The first-order valence-corrected chi connectivity index (χ1v) is 9.96. The van der Waals surface area contributed by atoms with Crippen molar-refractivity contribution in [2.75, 3.05) is 45.3 Å². The number of halogens is 1. The highest BCUT2D eigenvalue weighted by molar-refractivity contribution is 9.10. The lowest BCUT2D eigenvalue weighted by atomic mass is 10.1. The van der Waals surface area contributed by atoms with Crippen molar-refractivity contribution in [3.8, 4) is 0 Å². The van der Waals surface area contributed by atoms with Crippen LogP contribution in [0.3, 0.4) is 0 Å². The van der Waals surface area contributed by atoms with Gasteiger partial charge in [-0.05, 0) is 54.4 Å². The number of carbonyl (C=O) groups is 2. The molecule has 0 fully saturated rings. The first kappa shape index (κ1) is 22.4. The fraction of sp³-hybridized carbons (Fsp3) is 0.579. The van der Waals surface area contributed by atoms with Crippen LogP contribution in [0.2, 0.25) is 0 Å². The van der Waals surface area contributed by atoms with E-state index in [9.17, 15) is 9.59 Å². The van der Waals surface area contributed by atoms with Crippen LogP contribution in [0.1, 0.15) is 36.7 Å². The lowest BCUT2D eigenvalue weighted by Gasteiger charge is -2.19. The number of nitrogens with two attached hydrogens (primary N) is 1. The van der Waals surface area contributed by atoms with Crippen molar-refractivity contribution in [1.82, 2.24) is 10.2 Å². The second-order valence-corrected chi connectivity index (χ2v) is 8.27. The van der Waals surface area contributed by atoms with Crippen molar-refractivity contribution >= 4 is 33.6 Å². The molecular formula is C19H28BrN3O5. The van der Waals surface area contributed by atoms with E-state index in [1.54, 1.807) is 11.0 Å². The number of alkyl carbamates (subject to hydrolysis) is 1. The number of fused-ring (bicyclic) bond motifs is 1. The predicted molar refractivity (Wildman–Crippen MR) is 109 cm³/mol. The first-order valence-electron chi connectivity index (χ1n) is 9.17. The number of hydrogen-bond donors (Lipinski definition) is 2. The SMILES string of the molecule is CC(C)(C)OC(=O)NCCOCCOCCN1Cc2cc(N)c(Br)cc2C1=O. The first-order chi connectivity index (χ1) is 13.2. The van der Waals surface area contributed by atoms with Crippen molar-refractivity contribution in [3.05, 3.63) is 27.7 Å². The third kappa shape index (κ3) is 6.96. The molecule has 0 radical (unpaired) electrons. The van der Waals surface area contributed by atoms with Gasteiger partial charge in [0.05, 0.1) is 26.4 Å². The van der Waals surface area contributed by atoms with Gasteiger partial charge in [0.25, 0.3) is 5.91 Å². The van der Waals surface area contributed by atoms with Gasteiger partial charge >= 0.3 is 6.09 Å². The lowest BCUT2D eigenvalue weighted by Crippen LogP contribution is -2.34. The van der Waals surface area contributed by atoms with Crippen LogP contribution in [0.15, 0.2) is 16.6 Å². The van der Waals surface area contributed by atoms with E-state index in [1.807, 2.05) is 26.8 Å². The Morgan fingerprint density at radius 1 is 1.21 bits per heavy atom. The van der Waals surface area contributed by atoms with Crippen LogP contribution in [0.25, 0.3) is 0 Å². The molecule has 0 atom stereocenters. The smallest absolute Gasteiger partial charge is 0.407 e. The van der Waals surface area contributed by atoms with Crippen LogP contribution in [0, 0.1) is 0 Å². The average Bonchev–Trinajstić information content (AvgIpc) is 2.88. The van der Waals surface area contributed by atoms with Crippen LogP contribution in [-0.2, 0) is 20.8 Å². The fourth-order valence-electron chi connectivity index (χ4n) is 2.63. The van der Waals surface area contributed by atoms with Crippen LogP contribution in [-0.4, -0.2) is 62.0 Å². The normalized spacial score (nSPS) is 13.6. The van der Waals surface area contributed by atoms with Crippen molar-refractivity contribution in [1.29, 1.82) is 0 Å². The van der Waals surface area contributed by atoms with Gasteiger partial charge in [0.2, 0.25) is 0 Å².